The average Bonchev–Trinajstić information content (AvgIpc) is 2.65. The van der Waals surface area contributed by atoms with Gasteiger partial charge in [-0.2, -0.15) is 4.31 Å². The summed E-state index contributed by atoms with van der Waals surface area (Å²) in [7, 11) is -3.58. The van der Waals surface area contributed by atoms with Gasteiger partial charge in [0, 0.05) is 26.2 Å². The van der Waals surface area contributed by atoms with Gasteiger partial charge in [-0.05, 0) is 25.0 Å². The first-order chi connectivity index (χ1) is 12.7. The fraction of sp³-hybridized carbons (Fsp3) is 0.556. The first-order valence-corrected chi connectivity index (χ1v) is 10.5. The number of nitrogens with two attached hydrogens (primary N) is 1. The lowest BCUT2D eigenvalue weighted by Gasteiger charge is -2.36. The maximum absolute atomic E-state index is 12.8. The second-order valence-corrected chi connectivity index (χ2v) is 8.85. The summed E-state index contributed by atoms with van der Waals surface area (Å²) in [6.45, 7) is 6.68. The number of hydrogen-bond acceptors (Lipinski definition) is 4. The third kappa shape index (κ3) is 4.98. The molecule has 0 radical (unpaired) electrons. The van der Waals surface area contributed by atoms with Gasteiger partial charge >= 0.3 is 6.03 Å². The molecule has 0 aromatic heterocycles. The van der Waals surface area contributed by atoms with Crippen molar-refractivity contribution in [3.63, 3.8) is 0 Å². The highest BCUT2D eigenvalue weighted by Crippen LogP contribution is 2.19. The van der Waals surface area contributed by atoms with Crippen LogP contribution in [0.4, 0.5) is 4.79 Å². The highest BCUT2D eigenvalue weighted by Gasteiger charge is 2.34. The number of nitrogens with one attached hydrogen (secondary N) is 1. The lowest BCUT2D eigenvalue weighted by atomic mass is 9.97. The van der Waals surface area contributed by atoms with E-state index in [1.165, 1.54) is 4.31 Å². The van der Waals surface area contributed by atoms with E-state index in [1.807, 2.05) is 20.8 Å². The van der Waals surface area contributed by atoms with Crippen molar-refractivity contribution in [2.45, 2.75) is 38.1 Å². The molecule has 150 valence electrons. The minimum absolute atomic E-state index is 0.0701. The van der Waals surface area contributed by atoms with Gasteiger partial charge in [0.2, 0.25) is 15.9 Å². The van der Waals surface area contributed by atoms with Crippen LogP contribution in [0.2, 0.25) is 0 Å². The third-order valence-electron chi connectivity index (χ3n) is 4.99. The molecule has 9 heteroatoms. The molecule has 27 heavy (non-hydrogen) atoms. The summed E-state index contributed by atoms with van der Waals surface area (Å²) in [6.07, 6.45) is 0.707. The number of nitrogens with zero attached hydrogens (tertiary/aromatic N) is 2. The number of carbonyl (C=O) groups excluding carboxylic acids is 2. The van der Waals surface area contributed by atoms with Crippen molar-refractivity contribution >= 4 is 22.0 Å². The summed E-state index contributed by atoms with van der Waals surface area (Å²) in [5.41, 5.74) is 6.19. The maximum atomic E-state index is 12.8. The van der Waals surface area contributed by atoms with Crippen molar-refractivity contribution in [2.24, 2.45) is 11.7 Å². The molecule has 8 nitrogen and oxygen atoms in total. The largest absolute Gasteiger partial charge is 0.352 e. The molecule has 0 spiro atoms. The average molecular weight is 397 g/mol. The second kappa shape index (κ2) is 8.71. The lowest BCUT2D eigenvalue weighted by molar-refractivity contribution is -0.135. The van der Waals surface area contributed by atoms with E-state index < -0.39 is 22.1 Å². The summed E-state index contributed by atoms with van der Waals surface area (Å²) in [6, 6.07) is 5.27. The van der Waals surface area contributed by atoms with E-state index in [1.54, 1.807) is 29.2 Å². The molecule has 2 unspecified atom stereocenters. The number of piperazine rings is 1. The number of sulfonamides is 1. The van der Waals surface area contributed by atoms with Gasteiger partial charge < -0.3 is 16.0 Å². The van der Waals surface area contributed by atoms with Gasteiger partial charge in [0.05, 0.1) is 4.90 Å². The summed E-state index contributed by atoms with van der Waals surface area (Å²) in [5.74, 6) is -0.296. The molecule has 1 fully saturated rings. The Balaban J connectivity index is 2.06. The number of urea groups is 1. The van der Waals surface area contributed by atoms with E-state index in [2.05, 4.69) is 5.32 Å². The van der Waals surface area contributed by atoms with E-state index in [9.17, 15) is 18.0 Å². The van der Waals surface area contributed by atoms with E-state index >= 15 is 0 Å². The molecule has 0 bridgehead atoms. The normalized spacial score (nSPS) is 18.0. The minimum atomic E-state index is -3.58. The van der Waals surface area contributed by atoms with Gasteiger partial charge in [-0.25, -0.2) is 13.2 Å². The van der Waals surface area contributed by atoms with E-state index in [0.29, 0.717) is 6.42 Å². The smallest absolute Gasteiger partial charge is 0.312 e. The van der Waals surface area contributed by atoms with Crippen LogP contribution in [0.1, 0.15) is 25.8 Å². The molecule has 1 aromatic rings. The van der Waals surface area contributed by atoms with Crippen molar-refractivity contribution in [3.8, 4) is 0 Å². The van der Waals surface area contributed by atoms with Crippen molar-refractivity contribution in [2.75, 3.05) is 26.2 Å². The predicted octanol–water partition coefficient (Wildman–Crippen LogP) is 0.911. The molecule has 2 atom stereocenters. The van der Waals surface area contributed by atoms with Crippen LogP contribution >= 0.6 is 0 Å². The highest BCUT2D eigenvalue weighted by atomic mass is 32.2. The number of carbonyl (C=O) groups is 2. The lowest BCUT2D eigenvalue weighted by Crippen LogP contribution is -2.57. The topological polar surface area (TPSA) is 113 Å². The SMILES string of the molecule is CCC(C)C(NC(N)=O)C(=O)N1CCN(S(=O)(=O)c2ccc(C)cc2)CC1. The van der Waals surface area contributed by atoms with Gasteiger partial charge in [0.15, 0.2) is 0 Å². The summed E-state index contributed by atoms with van der Waals surface area (Å²) < 4.78 is 26.9. The molecule has 1 aliphatic rings. The van der Waals surface area contributed by atoms with Crippen molar-refractivity contribution < 1.29 is 18.0 Å². The fourth-order valence-corrected chi connectivity index (χ4v) is 4.46. The Morgan fingerprint density at radius 2 is 1.70 bits per heavy atom. The van der Waals surface area contributed by atoms with Crippen molar-refractivity contribution in [1.29, 1.82) is 0 Å². The molecule has 1 aromatic carbocycles. The van der Waals surface area contributed by atoms with Gasteiger partial charge in [0.1, 0.15) is 6.04 Å². The minimum Gasteiger partial charge on any atom is -0.352 e. The van der Waals surface area contributed by atoms with Gasteiger partial charge in [-0.15, -0.1) is 0 Å². The predicted molar refractivity (Wildman–Crippen MR) is 102 cm³/mol. The van der Waals surface area contributed by atoms with Gasteiger partial charge in [-0.1, -0.05) is 38.0 Å². The number of hydrogen-bond donors (Lipinski definition) is 2. The molecular weight excluding hydrogens is 368 g/mol. The zero-order valence-corrected chi connectivity index (χ0v) is 16.8. The molecular formula is C18H28N4O4S. The fourth-order valence-electron chi connectivity index (χ4n) is 3.04. The van der Waals surface area contributed by atoms with E-state index in [4.69, 9.17) is 5.73 Å². The maximum Gasteiger partial charge on any atom is 0.312 e. The van der Waals surface area contributed by atoms with Crippen LogP contribution < -0.4 is 11.1 Å². The Morgan fingerprint density at radius 3 is 2.19 bits per heavy atom. The van der Waals surface area contributed by atoms with Crippen LogP contribution in [-0.2, 0) is 14.8 Å². The molecule has 3 N–H and O–H groups in total. The molecule has 1 aliphatic heterocycles. The quantitative estimate of drug-likeness (QED) is 0.744. The Bertz CT molecular complexity index is 771. The van der Waals surface area contributed by atoms with Crippen LogP contribution in [-0.4, -0.2) is 61.8 Å². The van der Waals surface area contributed by atoms with Crippen LogP contribution in [0, 0.1) is 12.8 Å². The monoisotopic (exact) mass is 396 g/mol. The van der Waals surface area contributed by atoms with Gasteiger partial charge in [0.25, 0.3) is 0 Å². The van der Waals surface area contributed by atoms with Crippen LogP contribution in [0.25, 0.3) is 0 Å². The van der Waals surface area contributed by atoms with Crippen LogP contribution in [0.5, 0.6) is 0 Å². The number of aryl methyl sites for hydroxylation is 1. The first-order valence-electron chi connectivity index (χ1n) is 9.08. The van der Waals surface area contributed by atoms with Crippen LogP contribution in [0.3, 0.4) is 0 Å². The van der Waals surface area contributed by atoms with Crippen LogP contribution in [0.15, 0.2) is 29.2 Å². The number of benzene rings is 1. The second-order valence-electron chi connectivity index (χ2n) is 6.91. The zero-order valence-electron chi connectivity index (χ0n) is 16.0. The molecule has 1 saturated heterocycles. The van der Waals surface area contributed by atoms with Gasteiger partial charge in [-0.3, -0.25) is 4.79 Å². The number of primary amides is 1. The number of rotatable bonds is 6. The van der Waals surface area contributed by atoms with Crippen molar-refractivity contribution in [3.05, 3.63) is 29.8 Å². The Kier molecular flexibility index (Phi) is 6.83. The Labute approximate surface area is 160 Å². The van der Waals surface area contributed by atoms with E-state index in [-0.39, 0.29) is 42.9 Å². The standard InChI is InChI=1S/C18H28N4O4S/c1-4-14(3)16(20-18(19)24)17(23)21-9-11-22(12-10-21)27(25,26)15-7-5-13(2)6-8-15/h5-8,14,16H,4,9-12H2,1-3H3,(H3,19,20,24). The molecule has 2 rings (SSSR count). The Hall–Kier alpha value is -2.13. The zero-order chi connectivity index (χ0) is 20.2. The summed E-state index contributed by atoms with van der Waals surface area (Å²) in [4.78, 5) is 25.9. The molecule has 0 aliphatic carbocycles. The molecule has 1 heterocycles. The Morgan fingerprint density at radius 1 is 1.15 bits per heavy atom. The molecule has 3 amide bonds. The number of amides is 3. The summed E-state index contributed by atoms with van der Waals surface area (Å²) >= 11 is 0. The highest BCUT2D eigenvalue weighted by molar-refractivity contribution is 7.89. The molecule has 0 saturated carbocycles. The third-order valence-corrected chi connectivity index (χ3v) is 6.90. The summed E-state index contributed by atoms with van der Waals surface area (Å²) in [5, 5.41) is 2.52. The van der Waals surface area contributed by atoms with Crippen molar-refractivity contribution in [1.82, 2.24) is 14.5 Å². The first kappa shape index (κ1) is 21.2. The van der Waals surface area contributed by atoms with E-state index in [0.717, 1.165) is 5.56 Å².